The first-order chi connectivity index (χ1) is 19.1. The smallest absolute Gasteiger partial charge is 0.256 e. The predicted molar refractivity (Wildman–Crippen MR) is 170 cm³/mol. The van der Waals surface area contributed by atoms with Crippen LogP contribution >= 0.6 is 0 Å². The first-order valence-corrected chi connectivity index (χ1v) is 17.8. The zero-order valence-electron chi connectivity index (χ0n) is 26.7. The molecule has 0 spiro atoms. The molecule has 0 bridgehead atoms. The standard InChI is InChI=1S/C35H69NO3/c1-3-5-7-9-11-13-15-17-19-21-23-25-27-29-31-33-34(35(37)36(38)39)32-30-28-26-24-22-20-18-16-14-12-10-8-6-4-2/h34H,3-33H2,1-2H3. The average Bonchev–Trinajstić information content (AvgIpc) is 2.93. The molecular weight excluding hydrogens is 482 g/mol. The van der Waals surface area contributed by atoms with Gasteiger partial charge < -0.3 is 0 Å². The Hall–Kier alpha value is -0.930. The van der Waals surface area contributed by atoms with E-state index in [0.29, 0.717) is 12.8 Å². The van der Waals surface area contributed by atoms with Crippen molar-refractivity contribution in [1.29, 1.82) is 0 Å². The summed E-state index contributed by atoms with van der Waals surface area (Å²) in [7, 11) is 0. The number of unbranched alkanes of at least 4 members (excludes halogenated alkanes) is 27. The van der Waals surface area contributed by atoms with Gasteiger partial charge in [0.25, 0.3) is 0 Å². The van der Waals surface area contributed by atoms with Crippen LogP contribution in [0.4, 0.5) is 0 Å². The van der Waals surface area contributed by atoms with E-state index in [0.717, 1.165) is 25.7 Å². The number of carbonyl (C=O) groups excluding carboxylic acids is 1. The van der Waals surface area contributed by atoms with E-state index in [1.807, 2.05) is 0 Å². The summed E-state index contributed by atoms with van der Waals surface area (Å²) >= 11 is 0. The van der Waals surface area contributed by atoms with Crippen LogP contribution in [0.15, 0.2) is 0 Å². The van der Waals surface area contributed by atoms with Crippen LogP contribution in [-0.2, 0) is 4.79 Å². The van der Waals surface area contributed by atoms with Crippen molar-refractivity contribution in [3.05, 3.63) is 10.1 Å². The van der Waals surface area contributed by atoms with Gasteiger partial charge >= 0.3 is 5.91 Å². The Bertz CT molecular complexity index is 522. The van der Waals surface area contributed by atoms with Crippen molar-refractivity contribution < 1.29 is 9.72 Å². The SMILES string of the molecule is CCCCCCCCCCCCCCCCCC(CCCCCCCCCCCCCCCC)C(=O)[N+](=O)[O-]. The van der Waals surface area contributed by atoms with Gasteiger partial charge in [-0.3, -0.25) is 10.1 Å². The van der Waals surface area contributed by atoms with Gasteiger partial charge in [0.1, 0.15) is 4.92 Å². The molecule has 0 aliphatic carbocycles. The van der Waals surface area contributed by atoms with Gasteiger partial charge in [-0.1, -0.05) is 200 Å². The fourth-order valence-corrected chi connectivity index (χ4v) is 5.89. The largest absolute Gasteiger partial charge is 0.447 e. The molecule has 0 aromatic rings. The predicted octanol–water partition coefficient (Wildman–Crippen LogP) is 12.5. The van der Waals surface area contributed by atoms with Crippen LogP contribution in [0.2, 0.25) is 0 Å². The second-order valence-electron chi connectivity index (χ2n) is 12.4. The summed E-state index contributed by atoms with van der Waals surface area (Å²) in [5.74, 6) is -1.10. The van der Waals surface area contributed by atoms with Crippen LogP contribution < -0.4 is 0 Å². The molecule has 39 heavy (non-hydrogen) atoms. The maximum absolute atomic E-state index is 12.1. The van der Waals surface area contributed by atoms with E-state index in [4.69, 9.17) is 0 Å². The lowest BCUT2D eigenvalue weighted by molar-refractivity contribution is -0.407. The molecule has 232 valence electrons. The number of hydrogen-bond acceptors (Lipinski definition) is 3. The number of amides is 1. The maximum Gasteiger partial charge on any atom is 0.447 e. The van der Waals surface area contributed by atoms with E-state index in [1.165, 1.54) is 161 Å². The van der Waals surface area contributed by atoms with E-state index in [-0.39, 0.29) is 5.92 Å². The first kappa shape index (κ1) is 38.1. The van der Waals surface area contributed by atoms with Gasteiger partial charge in [0, 0.05) is 0 Å². The van der Waals surface area contributed by atoms with Crippen molar-refractivity contribution in [2.45, 2.75) is 213 Å². The minimum Gasteiger partial charge on any atom is -0.256 e. The quantitative estimate of drug-likeness (QED) is 0.0474. The van der Waals surface area contributed by atoms with Crippen LogP contribution in [0, 0.1) is 16.0 Å². The third kappa shape index (κ3) is 28.4. The number of nitrogens with zero attached hydrogens (tertiary/aromatic N) is 1. The van der Waals surface area contributed by atoms with Crippen LogP contribution in [0.1, 0.15) is 213 Å². The van der Waals surface area contributed by atoms with Crippen LogP contribution in [0.3, 0.4) is 0 Å². The number of nitro groups is 1. The van der Waals surface area contributed by atoms with Crippen LogP contribution in [0.5, 0.6) is 0 Å². The third-order valence-electron chi connectivity index (χ3n) is 8.59. The fraction of sp³-hybridized carbons (Fsp3) is 0.971. The molecule has 0 fully saturated rings. The molecule has 0 rings (SSSR count). The van der Waals surface area contributed by atoms with Gasteiger partial charge in [-0.2, -0.15) is 0 Å². The van der Waals surface area contributed by atoms with Gasteiger partial charge in [0.2, 0.25) is 0 Å². The molecule has 0 saturated heterocycles. The normalized spacial score (nSPS) is 12.2. The van der Waals surface area contributed by atoms with Crippen LogP contribution in [0.25, 0.3) is 0 Å². The van der Waals surface area contributed by atoms with Crippen molar-refractivity contribution in [2.75, 3.05) is 0 Å². The Labute approximate surface area is 244 Å². The number of rotatable bonds is 32. The van der Waals surface area contributed by atoms with Crippen molar-refractivity contribution in [3.8, 4) is 0 Å². The molecule has 0 aliphatic rings. The van der Waals surface area contributed by atoms with Gasteiger partial charge in [0.05, 0.1) is 5.92 Å². The molecule has 0 aliphatic heterocycles. The van der Waals surface area contributed by atoms with E-state index < -0.39 is 10.8 Å². The molecule has 4 heteroatoms. The summed E-state index contributed by atoms with van der Waals surface area (Å²) < 4.78 is 0. The summed E-state index contributed by atoms with van der Waals surface area (Å²) in [5, 5.41) is 11.1. The van der Waals surface area contributed by atoms with Gasteiger partial charge in [-0.25, -0.2) is 4.79 Å². The second-order valence-corrected chi connectivity index (χ2v) is 12.4. The van der Waals surface area contributed by atoms with E-state index >= 15 is 0 Å². The molecule has 4 nitrogen and oxygen atoms in total. The zero-order chi connectivity index (χ0) is 28.7. The van der Waals surface area contributed by atoms with Crippen molar-refractivity contribution in [1.82, 2.24) is 0 Å². The monoisotopic (exact) mass is 552 g/mol. The van der Waals surface area contributed by atoms with Crippen molar-refractivity contribution in [3.63, 3.8) is 0 Å². The Kier molecular flexibility index (Phi) is 30.8. The minimum atomic E-state index is -0.741. The molecule has 0 aromatic heterocycles. The molecular formula is C35H69NO3. The third-order valence-corrected chi connectivity index (χ3v) is 8.59. The molecule has 0 radical (unpaired) electrons. The Morgan fingerprint density at radius 1 is 0.436 bits per heavy atom. The maximum atomic E-state index is 12.1. The molecule has 1 unspecified atom stereocenters. The Morgan fingerprint density at radius 2 is 0.641 bits per heavy atom. The summed E-state index contributed by atoms with van der Waals surface area (Å²) in [5.41, 5.74) is 0. The van der Waals surface area contributed by atoms with Crippen molar-refractivity contribution in [2.24, 2.45) is 5.92 Å². The van der Waals surface area contributed by atoms with E-state index in [1.54, 1.807) is 0 Å². The number of hydrogen-bond donors (Lipinski definition) is 0. The topological polar surface area (TPSA) is 60.2 Å². The lowest BCUT2D eigenvalue weighted by Crippen LogP contribution is -2.22. The average molecular weight is 552 g/mol. The van der Waals surface area contributed by atoms with E-state index in [9.17, 15) is 14.9 Å². The fourth-order valence-electron chi connectivity index (χ4n) is 5.89. The molecule has 1 atom stereocenters. The lowest BCUT2D eigenvalue weighted by atomic mass is 9.93. The summed E-state index contributed by atoms with van der Waals surface area (Å²) in [4.78, 5) is 22.5. The van der Waals surface area contributed by atoms with Gasteiger partial charge in [-0.05, 0) is 12.8 Å². The molecule has 0 N–H and O–H groups in total. The summed E-state index contributed by atoms with van der Waals surface area (Å²) in [6.45, 7) is 4.54. The first-order valence-electron chi connectivity index (χ1n) is 17.8. The highest BCUT2D eigenvalue weighted by atomic mass is 16.6. The minimum absolute atomic E-state index is 0.362. The highest BCUT2D eigenvalue weighted by Gasteiger charge is 2.27. The van der Waals surface area contributed by atoms with Gasteiger partial charge in [0.15, 0.2) is 0 Å². The highest BCUT2D eigenvalue weighted by molar-refractivity contribution is 5.70. The molecule has 0 saturated carbocycles. The van der Waals surface area contributed by atoms with Gasteiger partial charge in [-0.15, -0.1) is 0 Å². The summed E-state index contributed by atoms with van der Waals surface area (Å²) in [6.07, 6.45) is 39.4. The van der Waals surface area contributed by atoms with E-state index in [2.05, 4.69) is 13.8 Å². The summed E-state index contributed by atoms with van der Waals surface area (Å²) in [6, 6.07) is 0. The Morgan fingerprint density at radius 3 is 0.846 bits per heavy atom. The molecule has 0 aromatic carbocycles. The lowest BCUT2D eigenvalue weighted by Gasteiger charge is -2.11. The molecule has 1 amide bonds. The second kappa shape index (κ2) is 31.6. The number of carbonyl (C=O) groups is 1. The molecule has 0 heterocycles. The Balaban J connectivity index is 3.62. The highest BCUT2D eigenvalue weighted by Crippen LogP contribution is 2.21. The zero-order valence-corrected chi connectivity index (χ0v) is 26.7. The van der Waals surface area contributed by atoms with Crippen molar-refractivity contribution >= 4 is 5.91 Å². The van der Waals surface area contributed by atoms with Crippen LogP contribution in [-0.4, -0.2) is 10.8 Å².